The fraction of sp³-hybridized carbons (Fsp3) is 0.0909. The van der Waals surface area contributed by atoms with E-state index in [1.165, 1.54) is 17.4 Å². The van der Waals surface area contributed by atoms with Crippen molar-refractivity contribution in [1.29, 1.82) is 0 Å². The quantitative estimate of drug-likeness (QED) is 0.806. The van der Waals surface area contributed by atoms with Gasteiger partial charge in [0.05, 0.1) is 14.7 Å². The highest BCUT2D eigenvalue weighted by Gasteiger charge is 2.20. The monoisotopic (exact) mass is 353 g/mol. The van der Waals surface area contributed by atoms with E-state index in [9.17, 15) is 4.39 Å². The standard InChI is InChI=1S/C11H7BrCl2FNS/c12-6-2-1-3-7(15)9(6)10(16)5-4-8(13)17-11(5)14/h1-4,10H,16H2. The maximum Gasteiger partial charge on any atom is 0.129 e. The second-order valence-corrected chi connectivity index (χ2v) is 6.53. The van der Waals surface area contributed by atoms with Crippen LogP contribution in [0.1, 0.15) is 17.2 Å². The molecule has 0 saturated carbocycles. The summed E-state index contributed by atoms with van der Waals surface area (Å²) in [5, 5.41) is 0. The molecule has 1 aromatic carbocycles. The van der Waals surface area contributed by atoms with Crippen molar-refractivity contribution in [1.82, 2.24) is 0 Å². The maximum absolute atomic E-state index is 13.7. The van der Waals surface area contributed by atoms with E-state index < -0.39 is 6.04 Å². The molecule has 1 unspecified atom stereocenters. The van der Waals surface area contributed by atoms with E-state index in [4.69, 9.17) is 28.9 Å². The van der Waals surface area contributed by atoms with Crippen LogP contribution in [0.4, 0.5) is 4.39 Å². The van der Waals surface area contributed by atoms with Crippen LogP contribution in [0.15, 0.2) is 28.7 Å². The van der Waals surface area contributed by atoms with Crippen LogP contribution in [0.3, 0.4) is 0 Å². The summed E-state index contributed by atoms with van der Waals surface area (Å²) in [5.74, 6) is -0.370. The first-order chi connectivity index (χ1) is 8.00. The average molecular weight is 355 g/mol. The summed E-state index contributed by atoms with van der Waals surface area (Å²) in [6, 6.07) is 5.74. The lowest BCUT2D eigenvalue weighted by Crippen LogP contribution is -2.14. The van der Waals surface area contributed by atoms with E-state index in [0.29, 0.717) is 24.3 Å². The third-order valence-corrected chi connectivity index (χ3v) is 4.54. The van der Waals surface area contributed by atoms with Crippen LogP contribution in [0.2, 0.25) is 8.67 Å². The first-order valence-electron chi connectivity index (χ1n) is 4.65. The van der Waals surface area contributed by atoms with Gasteiger partial charge >= 0.3 is 0 Å². The molecule has 0 aliphatic carbocycles. The van der Waals surface area contributed by atoms with Gasteiger partial charge in [-0.2, -0.15) is 0 Å². The smallest absolute Gasteiger partial charge is 0.129 e. The zero-order valence-electron chi connectivity index (χ0n) is 8.38. The van der Waals surface area contributed by atoms with Crippen LogP contribution in [-0.2, 0) is 0 Å². The Bertz CT molecular complexity index is 538. The highest BCUT2D eigenvalue weighted by Crippen LogP contribution is 2.38. The molecule has 17 heavy (non-hydrogen) atoms. The molecule has 6 heteroatoms. The van der Waals surface area contributed by atoms with E-state index in [2.05, 4.69) is 15.9 Å². The zero-order chi connectivity index (χ0) is 12.6. The second kappa shape index (κ2) is 5.24. The van der Waals surface area contributed by atoms with Gasteiger partial charge in [-0.3, -0.25) is 0 Å². The van der Waals surface area contributed by atoms with Gasteiger partial charge in [-0.1, -0.05) is 45.2 Å². The van der Waals surface area contributed by atoms with Crippen molar-refractivity contribution in [2.45, 2.75) is 6.04 Å². The summed E-state index contributed by atoms with van der Waals surface area (Å²) in [6.07, 6.45) is 0. The first-order valence-corrected chi connectivity index (χ1v) is 7.01. The number of hydrogen-bond acceptors (Lipinski definition) is 2. The molecule has 1 heterocycles. The van der Waals surface area contributed by atoms with Crippen molar-refractivity contribution >= 4 is 50.5 Å². The van der Waals surface area contributed by atoms with Gasteiger partial charge in [-0.25, -0.2) is 4.39 Å². The van der Waals surface area contributed by atoms with E-state index in [-0.39, 0.29) is 5.82 Å². The Balaban J connectivity index is 2.51. The third kappa shape index (κ3) is 2.66. The normalized spacial score (nSPS) is 12.8. The minimum Gasteiger partial charge on any atom is -0.320 e. The molecule has 2 N–H and O–H groups in total. The summed E-state index contributed by atoms with van der Waals surface area (Å²) in [4.78, 5) is 0. The van der Waals surface area contributed by atoms with Crippen LogP contribution in [0.25, 0.3) is 0 Å². The Morgan fingerprint density at radius 3 is 2.59 bits per heavy atom. The Hall–Kier alpha value is -0.130. The van der Waals surface area contributed by atoms with Gasteiger partial charge in [0.1, 0.15) is 5.82 Å². The molecular formula is C11H7BrCl2FNS. The molecule has 0 bridgehead atoms. The molecule has 0 aliphatic heterocycles. The molecule has 0 spiro atoms. The van der Waals surface area contributed by atoms with Crippen LogP contribution in [0.5, 0.6) is 0 Å². The van der Waals surface area contributed by atoms with Crippen molar-refractivity contribution in [3.63, 3.8) is 0 Å². The van der Waals surface area contributed by atoms with E-state index in [1.807, 2.05) is 0 Å². The minimum absolute atomic E-state index is 0.370. The number of hydrogen-bond donors (Lipinski definition) is 1. The largest absolute Gasteiger partial charge is 0.320 e. The molecule has 0 fully saturated rings. The molecular weight excluding hydrogens is 348 g/mol. The number of nitrogens with two attached hydrogens (primary N) is 1. The second-order valence-electron chi connectivity index (χ2n) is 3.39. The predicted octanol–water partition coefficient (Wildman–Crippen LogP) is 5.00. The van der Waals surface area contributed by atoms with Gasteiger partial charge in [-0.05, 0) is 18.2 Å². The van der Waals surface area contributed by atoms with Gasteiger partial charge in [0, 0.05) is 15.6 Å². The predicted molar refractivity (Wildman–Crippen MR) is 74.5 cm³/mol. The average Bonchev–Trinajstić information content (AvgIpc) is 2.57. The molecule has 0 radical (unpaired) electrons. The van der Waals surface area contributed by atoms with Crippen molar-refractivity contribution in [3.8, 4) is 0 Å². The lowest BCUT2D eigenvalue weighted by molar-refractivity contribution is 0.598. The Morgan fingerprint density at radius 1 is 1.35 bits per heavy atom. The molecule has 0 saturated heterocycles. The van der Waals surface area contributed by atoms with E-state index >= 15 is 0 Å². The van der Waals surface area contributed by atoms with Crippen molar-refractivity contribution in [2.75, 3.05) is 0 Å². The van der Waals surface area contributed by atoms with Crippen LogP contribution < -0.4 is 5.73 Å². The number of benzene rings is 1. The molecule has 1 atom stereocenters. The van der Waals surface area contributed by atoms with Gasteiger partial charge in [-0.15, -0.1) is 11.3 Å². The van der Waals surface area contributed by atoms with Gasteiger partial charge in [0.25, 0.3) is 0 Å². The molecule has 90 valence electrons. The van der Waals surface area contributed by atoms with Gasteiger partial charge < -0.3 is 5.73 Å². The third-order valence-electron chi connectivity index (χ3n) is 2.33. The molecule has 0 amide bonds. The summed E-state index contributed by atoms with van der Waals surface area (Å²) in [5.41, 5.74) is 7.04. The van der Waals surface area contributed by atoms with Crippen molar-refractivity contribution in [2.24, 2.45) is 5.73 Å². The summed E-state index contributed by atoms with van der Waals surface area (Å²) in [6.45, 7) is 0. The Morgan fingerprint density at radius 2 is 2.06 bits per heavy atom. The molecule has 2 rings (SSSR count). The number of rotatable bonds is 2. The maximum atomic E-state index is 13.7. The fourth-order valence-electron chi connectivity index (χ4n) is 1.53. The highest BCUT2D eigenvalue weighted by atomic mass is 79.9. The molecule has 2 aromatic rings. The van der Waals surface area contributed by atoms with Crippen LogP contribution >= 0.6 is 50.5 Å². The molecule has 0 aliphatic rings. The van der Waals surface area contributed by atoms with Gasteiger partial charge in [0.15, 0.2) is 0 Å². The van der Waals surface area contributed by atoms with Gasteiger partial charge in [0.2, 0.25) is 0 Å². The fourth-order valence-corrected chi connectivity index (χ4v) is 3.67. The SMILES string of the molecule is NC(c1cc(Cl)sc1Cl)c1c(F)cccc1Br. The lowest BCUT2D eigenvalue weighted by Gasteiger charge is -2.14. The lowest BCUT2D eigenvalue weighted by atomic mass is 10.0. The topological polar surface area (TPSA) is 26.0 Å². The Kier molecular flexibility index (Phi) is 4.10. The van der Waals surface area contributed by atoms with E-state index in [0.717, 1.165) is 0 Å². The zero-order valence-corrected chi connectivity index (χ0v) is 12.3. The summed E-state index contributed by atoms with van der Waals surface area (Å²) < 4.78 is 15.4. The van der Waals surface area contributed by atoms with Crippen molar-refractivity contribution < 1.29 is 4.39 Å². The summed E-state index contributed by atoms with van der Waals surface area (Å²) in [7, 11) is 0. The highest BCUT2D eigenvalue weighted by molar-refractivity contribution is 9.10. The molecule has 1 aromatic heterocycles. The van der Waals surface area contributed by atoms with Crippen molar-refractivity contribution in [3.05, 3.63) is 54.4 Å². The number of halogens is 4. The first kappa shape index (κ1) is 13.3. The Labute approximate surface area is 120 Å². The molecule has 1 nitrogen and oxygen atoms in total. The number of thiophene rings is 1. The summed E-state index contributed by atoms with van der Waals surface area (Å²) >= 11 is 16.4. The van der Waals surface area contributed by atoms with Crippen LogP contribution in [0, 0.1) is 5.82 Å². The van der Waals surface area contributed by atoms with E-state index in [1.54, 1.807) is 18.2 Å². The van der Waals surface area contributed by atoms with Crippen LogP contribution in [-0.4, -0.2) is 0 Å². The minimum atomic E-state index is -0.637.